The molecular formula is C30H32N2O6. The maximum atomic E-state index is 13.4. The van der Waals surface area contributed by atoms with Crippen LogP contribution in [0.15, 0.2) is 72.6 Å². The fourth-order valence-electron chi connectivity index (χ4n) is 4.40. The summed E-state index contributed by atoms with van der Waals surface area (Å²) in [5.41, 5.74) is 1.85. The van der Waals surface area contributed by atoms with Crippen LogP contribution in [-0.4, -0.2) is 46.5 Å². The number of nitrogens with zero attached hydrogens (tertiary/aromatic N) is 2. The number of carbonyl (C=O) groups is 2. The number of rotatable bonds is 11. The predicted octanol–water partition coefficient (Wildman–Crippen LogP) is 5.29. The van der Waals surface area contributed by atoms with Gasteiger partial charge in [0.25, 0.3) is 11.7 Å². The highest BCUT2D eigenvalue weighted by Gasteiger charge is 2.46. The first-order chi connectivity index (χ1) is 18.5. The number of Topliss-reactive ketones (excluding diaryl/α,β-unsaturated/α-hetero) is 1. The molecule has 0 saturated carbocycles. The number of ether oxygens (including phenoxy) is 3. The van der Waals surface area contributed by atoms with Crippen molar-refractivity contribution in [2.45, 2.75) is 39.8 Å². The van der Waals surface area contributed by atoms with Crippen molar-refractivity contribution in [1.82, 2.24) is 9.88 Å². The van der Waals surface area contributed by atoms with E-state index in [-0.39, 0.29) is 17.9 Å². The summed E-state index contributed by atoms with van der Waals surface area (Å²) in [4.78, 5) is 32.2. The molecule has 0 radical (unpaired) electrons. The molecule has 1 saturated heterocycles. The molecule has 2 heterocycles. The second-order valence-corrected chi connectivity index (χ2v) is 8.73. The van der Waals surface area contributed by atoms with Crippen LogP contribution in [0.2, 0.25) is 0 Å². The molecule has 1 aromatic heterocycles. The molecule has 3 aromatic rings. The van der Waals surface area contributed by atoms with Crippen molar-refractivity contribution in [3.63, 3.8) is 0 Å². The second-order valence-electron chi connectivity index (χ2n) is 8.73. The number of aliphatic hydroxyl groups excluding tert-OH is 1. The molecule has 8 nitrogen and oxygen atoms in total. The summed E-state index contributed by atoms with van der Waals surface area (Å²) >= 11 is 0. The Morgan fingerprint density at radius 2 is 1.58 bits per heavy atom. The van der Waals surface area contributed by atoms with E-state index in [9.17, 15) is 14.7 Å². The van der Waals surface area contributed by atoms with Gasteiger partial charge in [0.15, 0.2) is 11.5 Å². The minimum Gasteiger partial charge on any atom is -0.507 e. The Kier molecular flexibility index (Phi) is 8.63. The Hall–Kier alpha value is -4.33. The van der Waals surface area contributed by atoms with Crippen molar-refractivity contribution in [3.8, 4) is 17.2 Å². The number of hydrogen-bond acceptors (Lipinski definition) is 7. The van der Waals surface area contributed by atoms with E-state index in [1.54, 1.807) is 67.0 Å². The van der Waals surface area contributed by atoms with Crippen LogP contribution in [0.4, 0.5) is 0 Å². The van der Waals surface area contributed by atoms with E-state index >= 15 is 0 Å². The molecule has 0 spiro atoms. The van der Waals surface area contributed by atoms with E-state index in [4.69, 9.17) is 14.2 Å². The fraction of sp³-hybridized carbons (Fsp3) is 0.300. The maximum Gasteiger partial charge on any atom is 0.295 e. The lowest BCUT2D eigenvalue weighted by atomic mass is 9.94. The Morgan fingerprint density at radius 1 is 0.895 bits per heavy atom. The van der Waals surface area contributed by atoms with Gasteiger partial charge in [0, 0.05) is 24.5 Å². The van der Waals surface area contributed by atoms with Crippen LogP contribution in [0.3, 0.4) is 0 Å². The van der Waals surface area contributed by atoms with Gasteiger partial charge in [-0.25, -0.2) is 0 Å². The van der Waals surface area contributed by atoms with E-state index in [1.807, 2.05) is 20.8 Å². The van der Waals surface area contributed by atoms with Crippen molar-refractivity contribution in [1.29, 1.82) is 0 Å². The standard InChI is InChI=1S/C30H32N2O6/c1-4-17-38-23-10-7-21(8-11-23)28(33)26-27(22-9-12-24(36-5-2)25(18-22)37-6-3)32(30(35)29(26)34)19-20-13-15-31-16-14-20/h7-16,18,27,33H,4-6,17,19H2,1-3H3. The van der Waals surface area contributed by atoms with Gasteiger partial charge in [-0.15, -0.1) is 0 Å². The van der Waals surface area contributed by atoms with E-state index in [0.29, 0.717) is 48.2 Å². The summed E-state index contributed by atoms with van der Waals surface area (Å²) < 4.78 is 17.1. The molecule has 8 heteroatoms. The molecule has 1 fully saturated rings. The zero-order valence-corrected chi connectivity index (χ0v) is 21.8. The van der Waals surface area contributed by atoms with Gasteiger partial charge >= 0.3 is 0 Å². The van der Waals surface area contributed by atoms with Crippen molar-refractivity contribution in [2.24, 2.45) is 0 Å². The third-order valence-corrected chi connectivity index (χ3v) is 6.13. The summed E-state index contributed by atoms with van der Waals surface area (Å²) in [6.07, 6.45) is 4.13. The molecule has 1 unspecified atom stereocenters. The number of amides is 1. The van der Waals surface area contributed by atoms with E-state index in [1.165, 1.54) is 4.90 Å². The molecule has 0 bridgehead atoms. The van der Waals surface area contributed by atoms with Crippen LogP contribution in [-0.2, 0) is 16.1 Å². The Morgan fingerprint density at radius 3 is 2.24 bits per heavy atom. The summed E-state index contributed by atoms with van der Waals surface area (Å²) in [6.45, 7) is 7.37. The summed E-state index contributed by atoms with van der Waals surface area (Å²) in [6, 6.07) is 14.9. The van der Waals surface area contributed by atoms with Crippen LogP contribution in [0.1, 0.15) is 49.9 Å². The van der Waals surface area contributed by atoms with Crippen molar-refractivity contribution in [2.75, 3.05) is 19.8 Å². The number of pyridine rings is 1. The molecule has 4 rings (SSSR count). The number of aliphatic hydroxyl groups is 1. The van der Waals surface area contributed by atoms with Gasteiger partial charge in [0.1, 0.15) is 11.5 Å². The fourth-order valence-corrected chi connectivity index (χ4v) is 4.40. The van der Waals surface area contributed by atoms with Crippen LogP contribution < -0.4 is 14.2 Å². The predicted molar refractivity (Wildman–Crippen MR) is 143 cm³/mol. The smallest absolute Gasteiger partial charge is 0.295 e. The number of likely N-dealkylation sites (tertiary alicyclic amines) is 1. The van der Waals surface area contributed by atoms with Crippen molar-refractivity contribution < 1.29 is 28.9 Å². The minimum atomic E-state index is -0.839. The number of hydrogen-bond donors (Lipinski definition) is 1. The van der Waals surface area contributed by atoms with Gasteiger partial charge in [0.05, 0.1) is 31.4 Å². The zero-order chi connectivity index (χ0) is 27.1. The van der Waals surface area contributed by atoms with Crippen LogP contribution in [0.25, 0.3) is 5.76 Å². The SMILES string of the molecule is CCCOc1ccc(C(O)=C2C(=O)C(=O)N(Cc3ccncc3)C2c2ccc(OCC)c(OCC)c2)cc1. The third-order valence-electron chi connectivity index (χ3n) is 6.13. The van der Waals surface area contributed by atoms with Gasteiger partial charge in [-0.2, -0.15) is 0 Å². The van der Waals surface area contributed by atoms with Gasteiger partial charge in [-0.1, -0.05) is 13.0 Å². The molecule has 1 aliphatic rings. The summed E-state index contributed by atoms with van der Waals surface area (Å²) in [7, 11) is 0. The first-order valence-corrected chi connectivity index (χ1v) is 12.8. The Bertz CT molecular complexity index is 1300. The quantitative estimate of drug-likeness (QED) is 0.210. The molecule has 2 aromatic carbocycles. The van der Waals surface area contributed by atoms with Crippen LogP contribution in [0, 0.1) is 0 Å². The number of aromatic nitrogens is 1. The highest BCUT2D eigenvalue weighted by Crippen LogP contribution is 2.42. The van der Waals surface area contributed by atoms with Gasteiger partial charge in [-0.3, -0.25) is 14.6 Å². The average Bonchev–Trinajstić information content (AvgIpc) is 3.18. The largest absolute Gasteiger partial charge is 0.507 e. The van der Waals surface area contributed by atoms with Crippen molar-refractivity contribution in [3.05, 3.63) is 89.3 Å². The minimum absolute atomic E-state index is 0.0119. The Balaban J connectivity index is 1.82. The topological polar surface area (TPSA) is 98.2 Å². The monoisotopic (exact) mass is 516 g/mol. The lowest BCUT2D eigenvalue weighted by Crippen LogP contribution is -2.29. The van der Waals surface area contributed by atoms with Crippen LogP contribution >= 0.6 is 0 Å². The van der Waals surface area contributed by atoms with E-state index in [2.05, 4.69) is 4.98 Å². The average molecular weight is 517 g/mol. The summed E-state index contributed by atoms with van der Waals surface area (Å²) in [5.74, 6) is 0.0267. The van der Waals surface area contributed by atoms with E-state index in [0.717, 1.165) is 12.0 Å². The maximum absolute atomic E-state index is 13.4. The van der Waals surface area contributed by atoms with E-state index < -0.39 is 17.7 Å². The molecule has 1 aliphatic heterocycles. The van der Waals surface area contributed by atoms with Crippen molar-refractivity contribution >= 4 is 17.4 Å². The zero-order valence-electron chi connectivity index (χ0n) is 21.8. The molecule has 0 aliphatic carbocycles. The van der Waals surface area contributed by atoms with Gasteiger partial charge in [-0.05, 0) is 79.9 Å². The first kappa shape index (κ1) is 26.7. The number of ketones is 1. The first-order valence-electron chi connectivity index (χ1n) is 12.8. The molecule has 1 amide bonds. The highest BCUT2D eigenvalue weighted by atomic mass is 16.5. The molecule has 1 atom stereocenters. The van der Waals surface area contributed by atoms with Crippen LogP contribution in [0.5, 0.6) is 17.2 Å². The van der Waals surface area contributed by atoms with Gasteiger partial charge in [0.2, 0.25) is 0 Å². The molecule has 1 N–H and O–H groups in total. The highest BCUT2D eigenvalue weighted by molar-refractivity contribution is 6.46. The molecule has 38 heavy (non-hydrogen) atoms. The lowest BCUT2D eigenvalue weighted by molar-refractivity contribution is -0.140. The number of benzene rings is 2. The third kappa shape index (κ3) is 5.64. The normalized spacial score (nSPS) is 16.5. The number of carbonyl (C=O) groups excluding carboxylic acids is 2. The second kappa shape index (κ2) is 12.3. The summed E-state index contributed by atoms with van der Waals surface area (Å²) in [5, 5.41) is 11.4. The van der Waals surface area contributed by atoms with Gasteiger partial charge < -0.3 is 24.2 Å². The molecule has 198 valence electrons. The Labute approximate surface area is 222 Å². The lowest BCUT2D eigenvalue weighted by Gasteiger charge is -2.26. The molecular weight excluding hydrogens is 484 g/mol.